The van der Waals surface area contributed by atoms with Crippen molar-refractivity contribution < 1.29 is 19.1 Å². The molecule has 0 aliphatic carbocycles. The maximum atomic E-state index is 12.8. The predicted molar refractivity (Wildman–Crippen MR) is 112 cm³/mol. The fourth-order valence-corrected chi connectivity index (χ4v) is 3.78. The van der Waals surface area contributed by atoms with Gasteiger partial charge in [0.2, 0.25) is 5.91 Å². The minimum atomic E-state index is -0.383. The lowest BCUT2D eigenvalue weighted by molar-refractivity contribution is -0.131. The number of nitrogens with one attached hydrogen (secondary N) is 1. The third-order valence-corrected chi connectivity index (χ3v) is 5.69. The summed E-state index contributed by atoms with van der Waals surface area (Å²) >= 11 is 11.8. The molecule has 0 unspecified atom stereocenters. The van der Waals surface area contributed by atoms with Gasteiger partial charge in [-0.25, -0.2) is 0 Å². The summed E-state index contributed by atoms with van der Waals surface area (Å²) in [5.74, 6) is 0.862. The number of halogens is 2. The van der Waals surface area contributed by atoms with Crippen LogP contribution in [0.3, 0.4) is 0 Å². The highest BCUT2D eigenvalue weighted by atomic mass is 35.5. The van der Waals surface area contributed by atoms with Gasteiger partial charge in [0, 0.05) is 17.7 Å². The van der Waals surface area contributed by atoms with E-state index in [9.17, 15) is 9.59 Å². The highest BCUT2D eigenvalue weighted by molar-refractivity contribution is 6.42. The van der Waals surface area contributed by atoms with Crippen LogP contribution >= 0.6 is 23.2 Å². The number of hydrogen-bond acceptors (Lipinski definition) is 4. The first-order valence-corrected chi connectivity index (χ1v) is 9.95. The van der Waals surface area contributed by atoms with Gasteiger partial charge in [0.05, 0.1) is 36.9 Å². The largest absolute Gasteiger partial charge is 0.497 e. The van der Waals surface area contributed by atoms with Crippen LogP contribution in [0.1, 0.15) is 34.8 Å². The molecule has 0 radical (unpaired) electrons. The smallest absolute Gasteiger partial charge is 0.251 e. The number of hydrogen-bond donors (Lipinski definition) is 1. The van der Waals surface area contributed by atoms with Crippen molar-refractivity contribution in [2.45, 2.75) is 18.9 Å². The van der Waals surface area contributed by atoms with Gasteiger partial charge in [-0.1, -0.05) is 23.2 Å². The molecular weight excluding hydrogens is 415 g/mol. The van der Waals surface area contributed by atoms with E-state index in [2.05, 4.69) is 5.32 Å². The molecule has 2 aromatic rings. The van der Waals surface area contributed by atoms with Crippen LogP contribution in [0.4, 0.5) is 0 Å². The Balaban J connectivity index is 1.70. The van der Waals surface area contributed by atoms with E-state index in [0.29, 0.717) is 28.6 Å². The molecule has 3 rings (SSSR count). The van der Waals surface area contributed by atoms with Crippen molar-refractivity contribution in [1.29, 1.82) is 0 Å². The fourth-order valence-electron chi connectivity index (χ4n) is 3.49. The monoisotopic (exact) mass is 436 g/mol. The predicted octanol–water partition coefficient (Wildman–Crippen LogP) is 4.10. The van der Waals surface area contributed by atoms with Crippen molar-refractivity contribution in [1.82, 2.24) is 10.2 Å². The quantitative estimate of drug-likeness (QED) is 0.739. The molecule has 2 amide bonds. The van der Waals surface area contributed by atoms with Crippen molar-refractivity contribution in [2.24, 2.45) is 0 Å². The van der Waals surface area contributed by atoms with Crippen LogP contribution in [0.25, 0.3) is 0 Å². The molecule has 8 heteroatoms. The van der Waals surface area contributed by atoms with Crippen LogP contribution in [0.15, 0.2) is 36.4 Å². The van der Waals surface area contributed by atoms with E-state index in [-0.39, 0.29) is 29.4 Å². The van der Waals surface area contributed by atoms with Gasteiger partial charge in [-0.2, -0.15) is 0 Å². The van der Waals surface area contributed by atoms with Crippen LogP contribution in [-0.2, 0) is 4.79 Å². The van der Waals surface area contributed by atoms with Gasteiger partial charge in [0.15, 0.2) is 0 Å². The van der Waals surface area contributed by atoms with E-state index < -0.39 is 0 Å². The molecule has 1 aliphatic heterocycles. The minimum Gasteiger partial charge on any atom is -0.497 e. The first kappa shape index (κ1) is 21.3. The molecule has 0 aromatic heterocycles. The number of nitrogens with zero attached hydrogens (tertiary/aromatic N) is 1. The van der Waals surface area contributed by atoms with Crippen molar-refractivity contribution in [3.8, 4) is 11.5 Å². The van der Waals surface area contributed by atoms with Crippen molar-refractivity contribution in [2.75, 3.05) is 27.3 Å². The van der Waals surface area contributed by atoms with Gasteiger partial charge >= 0.3 is 0 Å². The molecule has 0 bridgehead atoms. The van der Waals surface area contributed by atoms with E-state index in [1.165, 1.54) is 6.07 Å². The maximum Gasteiger partial charge on any atom is 0.251 e. The zero-order valence-electron chi connectivity index (χ0n) is 16.2. The number of methoxy groups -OCH3 is 2. The first-order chi connectivity index (χ1) is 13.9. The Morgan fingerprint density at radius 2 is 1.90 bits per heavy atom. The van der Waals surface area contributed by atoms with Gasteiger partial charge in [-0.15, -0.1) is 0 Å². The Kier molecular flexibility index (Phi) is 6.87. The molecular formula is C21H22Cl2N2O4. The number of likely N-dealkylation sites (tertiary alicyclic amines) is 1. The van der Waals surface area contributed by atoms with Gasteiger partial charge in [-0.05, 0) is 49.2 Å². The lowest BCUT2D eigenvalue weighted by Crippen LogP contribution is -2.39. The summed E-state index contributed by atoms with van der Waals surface area (Å²) < 4.78 is 10.8. The topological polar surface area (TPSA) is 67.9 Å². The second-order valence-corrected chi connectivity index (χ2v) is 7.48. The molecule has 29 heavy (non-hydrogen) atoms. The number of rotatable bonds is 6. The molecule has 1 atom stereocenters. The molecule has 1 saturated heterocycles. The van der Waals surface area contributed by atoms with Gasteiger partial charge in [0.1, 0.15) is 11.5 Å². The first-order valence-electron chi connectivity index (χ1n) is 9.19. The van der Waals surface area contributed by atoms with Crippen molar-refractivity contribution in [3.05, 3.63) is 57.6 Å². The molecule has 1 fully saturated rings. The third kappa shape index (κ3) is 4.77. The Labute approximate surface area is 179 Å². The summed E-state index contributed by atoms with van der Waals surface area (Å²) in [7, 11) is 3.20. The molecule has 2 aromatic carbocycles. The maximum absolute atomic E-state index is 12.8. The number of benzene rings is 2. The van der Waals surface area contributed by atoms with Crippen LogP contribution in [0, 0.1) is 0 Å². The van der Waals surface area contributed by atoms with E-state index in [1.54, 1.807) is 31.3 Å². The number of amides is 2. The second kappa shape index (κ2) is 9.37. The minimum absolute atomic E-state index is 0.109. The average molecular weight is 437 g/mol. The van der Waals surface area contributed by atoms with Gasteiger partial charge < -0.3 is 19.7 Å². The summed E-state index contributed by atoms with van der Waals surface area (Å²) in [5, 5.41) is 3.31. The molecule has 1 aliphatic rings. The number of carbonyl (C=O) groups excluding carboxylic acids is 2. The Bertz CT molecular complexity index is 920. The molecule has 0 spiro atoms. The molecule has 0 saturated carbocycles. The SMILES string of the molecule is COc1ccc(OC)c([C@@H]2CCCN2C(=O)CNC(=O)c2ccc(Cl)c(Cl)c2)c1. The van der Waals surface area contributed by atoms with E-state index in [1.807, 2.05) is 18.2 Å². The normalized spacial score (nSPS) is 15.9. The average Bonchev–Trinajstić information content (AvgIpc) is 3.23. The summed E-state index contributed by atoms with van der Waals surface area (Å²) in [5.41, 5.74) is 1.24. The summed E-state index contributed by atoms with van der Waals surface area (Å²) in [4.78, 5) is 26.9. The van der Waals surface area contributed by atoms with Crippen LogP contribution < -0.4 is 14.8 Å². The van der Waals surface area contributed by atoms with Crippen molar-refractivity contribution in [3.63, 3.8) is 0 Å². The highest BCUT2D eigenvalue weighted by Crippen LogP contribution is 2.38. The third-order valence-electron chi connectivity index (χ3n) is 4.95. The lowest BCUT2D eigenvalue weighted by atomic mass is 10.0. The van der Waals surface area contributed by atoms with E-state index >= 15 is 0 Å². The molecule has 154 valence electrons. The standard InChI is InChI=1S/C21H22Cl2N2O4/c1-28-14-6-8-19(29-2)15(11-14)18-4-3-9-25(18)20(26)12-24-21(27)13-5-7-16(22)17(23)10-13/h5-8,10-11,18H,3-4,9,12H2,1-2H3,(H,24,27)/t18-/m0/s1. The summed E-state index contributed by atoms with van der Waals surface area (Å²) in [6.07, 6.45) is 1.69. The molecule has 6 nitrogen and oxygen atoms in total. The van der Waals surface area contributed by atoms with Crippen LogP contribution in [0.2, 0.25) is 10.0 Å². The number of ether oxygens (including phenoxy) is 2. The Morgan fingerprint density at radius 3 is 2.59 bits per heavy atom. The molecule has 1 heterocycles. The Morgan fingerprint density at radius 1 is 1.10 bits per heavy atom. The molecule has 1 N–H and O–H groups in total. The zero-order valence-corrected chi connectivity index (χ0v) is 17.7. The lowest BCUT2D eigenvalue weighted by Gasteiger charge is -2.27. The number of carbonyl (C=O) groups is 2. The van der Waals surface area contributed by atoms with E-state index in [4.69, 9.17) is 32.7 Å². The second-order valence-electron chi connectivity index (χ2n) is 6.66. The van der Waals surface area contributed by atoms with Crippen LogP contribution in [-0.4, -0.2) is 44.0 Å². The van der Waals surface area contributed by atoms with E-state index in [0.717, 1.165) is 18.4 Å². The van der Waals surface area contributed by atoms with Gasteiger partial charge in [0.25, 0.3) is 5.91 Å². The van der Waals surface area contributed by atoms with Crippen molar-refractivity contribution >= 4 is 35.0 Å². The highest BCUT2D eigenvalue weighted by Gasteiger charge is 2.32. The zero-order chi connectivity index (χ0) is 21.0. The fraction of sp³-hybridized carbons (Fsp3) is 0.333. The summed E-state index contributed by atoms with van der Waals surface area (Å²) in [6.45, 7) is 0.508. The van der Waals surface area contributed by atoms with Crippen LogP contribution in [0.5, 0.6) is 11.5 Å². The Hall–Kier alpha value is -2.44. The van der Waals surface area contributed by atoms with Gasteiger partial charge in [-0.3, -0.25) is 9.59 Å². The summed E-state index contributed by atoms with van der Waals surface area (Å²) in [6, 6.07) is 10.0.